The lowest BCUT2D eigenvalue weighted by Gasteiger charge is -2.05. The minimum Gasteiger partial charge on any atom is -0.477 e. The smallest absolute Gasteiger partial charge is 0.348 e. The number of carboxylic acid groups (broad SMARTS) is 1. The SMILES string of the molecule is Cc1cccc(C=Cc2nc3sc(C(=O)O)c(-c4ccccc4)n3c(=O)c2Cl)c1. The van der Waals surface area contributed by atoms with Crippen LogP contribution in [0.15, 0.2) is 59.4 Å². The summed E-state index contributed by atoms with van der Waals surface area (Å²) in [5, 5.41) is 9.60. The molecule has 1 N–H and O–H groups in total. The average molecular weight is 423 g/mol. The van der Waals surface area contributed by atoms with E-state index in [1.807, 2.05) is 43.3 Å². The molecule has 0 aliphatic rings. The highest BCUT2D eigenvalue weighted by Crippen LogP contribution is 2.31. The number of aryl methyl sites for hydroxylation is 1. The van der Waals surface area contributed by atoms with E-state index in [1.165, 1.54) is 4.40 Å². The molecular weight excluding hydrogens is 408 g/mol. The molecule has 0 atom stereocenters. The third-order valence-electron chi connectivity index (χ3n) is 4.37. The van der Waals surface area contributed by atoms with Crippen molar-refractivity contribution in [3.63, 3.8) is 0 Å². The molecule has 0 saturated heterocycles. The predicted molar refractivity (Wildman–Crippen MR) is 117 cm³/mol. The summed E-state index contributed by atoms with van der Waals surface area (Å²) in [5.74, 6) is -1.12. The van der Waals surface area contributed by atoms with E-state index in [1.54, 1.807) is 30.3 Å². The largest absolute Gasteiger partial charge is 0.477 e. The number of aromatic carboxylic acids is 1. The number of hydrogen-bond acceptors (Lipinski definition) is 4. The molecule has 4 aromatic rings. The Bertz CT molecular complexity index is 1320. The molecule has 0 aliphatic heterocycles. The molecule has 5 nitrogen and oxygen atoms in total. The van der Waals surface area contributed by atoms with E-state index >= 15 is 0 Å². The minimum absolute atomic E-state index is 0.0386. The standard InChI is InChI=1S/C22H15ClN2O3S/c1-13-6-5-7-14(12-13)10-11-16-17(23)20(26)25-18(15-8-3-2-4-9-15)19(21(27)28)29-22(25)24-16/h2-12H,1H3,(H,27,28). The van der Waals surface area contributed by atoms with Gasteiger partial charge in [0.05, 0.1) is 11.4 Å². The first-order valence-electron chi connectivity index (χ1n) is 8.74. The molecular formula is C22H15ClN2O3S. The quantitative estimate of drug-likeness (QED) is 0.487. The molecule has 2 heterocycles. The van der Waals surface area contributed by atoms with Gasteiger partial charge in [-0.1, -0.05) is 89.2 Å². The lowest BCUT2D eigenvalue weighted by atomic mass is 10.1. The maximum Gasteiger partial charge on any atom is 0.348 e. The van der Waals surface area contributed by atoms with Gasteiger partial charge in [0.1, 0.15) is 9.90 Å². The van der Waals surface area contributed by atoms with Crippen LogP contribution in [0.1, 0.15) is 26.5 Å². The summed E-state index contributed by atoms with van der Waals surface area (Å²) in [6.07, 6.45) is 3.49. The van der Waals surface area contributed by atoms with Gasteiger partial charge in [0, 0.05) is 5.56 Å². The number of carboxylic acids is 1. The Kier molecular flexibility index (Phi) is 5.05. The molecule has 2 aromatic carbocycles. The van der Waals surface area contributed by atoms with Crippen LogP contribution < -0.4 is 5.56 Å². The first kappa shape index (κ1) is 19.1. The maximum atomic E-state index is 13.0. The molecule has 0 aliphatic carbocycles. The van der Waals surface area contributed by atoms with Crippen molar-refractivity contribution < 1.29 is 9.90 Å². The van der Waals surface area contributed by atoms with Crippen LogP contribution in [-0.4, -0.2) is 20.5 Å². The molecule has 0 bridgehead atoms. The van der Waals surface area contributed by atoms with E-state index in [-0.39, 0.29) is 20.6 Å². The van der Waals surface area contributed by atoms with Gasteiger partial charge in [-0.05, 0) is 18.6 Å². The summed E-state index contributed by atoms with van der Waals surface area (Å²) in [6.45, 7) is 1.99. The van der Waals surface area contributed by atoms with Crippen LogP contribution in [0, 0.1) is 6.92 Å². The zero-order chi connectivity index (χ0) is 20.5. The monoisotopic (exact) mass is 422 g/mol. The maximum absolute atomic E-state index is 13.0. The first-order chi connectivity index (χ1) is 14.0. The molecule has 0 amide bonds. The molecule has 29 heavy (non-hydrogen) atoms. The van der Waals surface area contributed by atoms with Crippen LogP contribution in [0.3, 0.4) is 0 Å². The topological polar surface area (TPSA) is 71.7 Å². The molecule has 0 spiro atoms. The number of thiazole rings is 1. The van der Waals surface area contributed by atoms with Crippen LogP contribution in [0.5, 0.6) is 0 Å². The minimum atomic E-state index is -1.12. The highest BCUT2D eigenvalue weighted by molar-refractivity contribution is 7.19. The molecule has 4 rings (SSSR count). The Morgan fingerprint density at radius 1 is 1.14 bits per heavy atom. The Hall–Kier alpha value is -3.22. The Morgan fingerprint density at radius 3 is 2.59 bits per heavy atom. The van der Waals surface area contributed by atoms with E-state index < -0.39 is 11.5 Å². The van der Waals surface area contributed by atoms with Crippen LogP contribution in [0.2, 0.25) is 5.02 Å². The number of hydrogen-bond donors (Lipinski definition) is 1. The van der Waals surface area contributed by atoms with E-state index in [9.17, 15) is 14.7 Å². The van der Waals surface area contributed by atoms with Gasteiger partial charge >= 0.3 is 5.97 Å². The number of carbonyl (C=O) groups is 1. The molecule has 0 radical (unpaired) electrons. The van der Waals surface area contributed by atoms with Gasteiger partial charge in [-0.15, -0.1) is 0 Å². The number of halogens is 1. The van der Waals surface area contributed by atoms with Crippen molar-refractivity contribution in [1.82, 2.24) is 9.38 Å². The zero-order valence-electron chi connectivity index (χ0n) is 15.3. The summed E-state index contributed by atoms with van der Waals surface area (Å²) < 4.78 is 1.27. The lowest BCUT2D eigenvalue weighted by molar-refractivity contribution is 0.0702. The van der Waals surface area contributed by atoms with E-state index in [0.717, 1.165) is 22.5 Å². The lowest BCUT2D eigenvalue weighted by Crippen LogP contribution is -2.17. The fourth-order valence-electron chi connectivity index (χ4n) is 3.06. The summed E-state index contributed by atoms with van der Waals surface area (Å²) in [4.78, 5) is 29.6. The molecule has 2 aromatic heterocycles. The Morgan fingerprint density at radius 2 is 1.90 bits per heavy atom. The third kappa shape index (κ3) is 3.60. The van der Waals surface area contributed by atoms with Gasteiger partial charge in [0.25, 0.3) is 5.56 Å². The van der Waals surface area contributed by atoms with Crippen molar-refractivity contribution in [2.45, 2.75) is 6.92 Å². The second kappa shape index (κ2) is 7.66. The van der Waals surface area contributed by atoms with Crippen molar-refractivity contribution in [1.29, 1.82) is 0 Å². The van der Waals surface area contributed by atoms with Crippen molar-refractivity contribution in [3.8, 4) is 11.3 Å². The van der Waals surface area contributed by atoms with E-state index in [4.69, 9.17) is 11.6 Å². The predicted octanol–water partition coefficient (Wildman–Crippen LogP) is 5.25. The van der Waals surface area contributed by atoms with E-state index in [0.29, 0.717) is 11.3 Å². The van der Waals surface area contributed by atoms with Crippen molar-refractivity contribution in [2.24, 2.45) is 0 Å². The highest BCUT2D eigenvalue weighted by Gasteiger charge is 2.23. The molecule has 0 saturated carbocycles. The summed E-state index contributed by atoms with van der Waals surface area (Å²) >= 11 is 7.28. The number of benzene rings is 2. The molecule has 144 valence electrons. The van der Waals surface area contributed by atoms with Crippen molar-refractivity contribution >= 4 is 46.0 Å². The average Bonchev–Trinajstić information content (AvgIpc) is 3.10. The van der Waals surface area contributed by atoms with Gasteiger partial charge in [0.15, 0.2) is 4.96 Å². The molecule has 0 fully saturated rings. The fourth-order valence-corrected chi connectivity index (χ4v) is 4.24. The van der Waals surface area contributed by atoms with Gasteiger partial charge < -0.3 is 5.11 Å². The second-order valence-electron chi connectivity index (χ2n) is 6.43. The summed E-state index contributed by atoms with van der Waals surface area (Å²) in [7, 11) is 0. The number of rotatable bonds is 4. The van der Waals surface area contributed by atoms with Crippen molar-refractivity contribution in [2.75, 3.05) is 0 Å². The Balaban J connectivity index is 1.92. The van der Waals surface area contributed by atoms with Crippen LogP contribution >= 0.6 is 22.9 Å². The summed E-state index contributed by atoms with van der Waals surface area (Å²) in [5.41, 5.74) is 2.76. The number of nitrogens with zero attached hydrogens (tertiary/aromatic N) is 2. The van der Waals surface area contributed by atoms with Crippen molar-refractivity contribution in [3.05, 3.63) is 91.7 Å². The van der Waals surface area contributed by atoms with Gasteiger partial charge in [-0.3, -0.25) is 4.79 Å². The molecule has 0 unspecified atom stereocenters. The van der Waals surface area contributed by atoms with Crippen LogP contribution in [0.25, 0.3) is 28.4 Å². The van der Waals surface area contributed by atoms with Gasteiger partial charge in [-0.25, -0.2) is 14.2 Å². The third-order valence-corrected chi connectivity index (χ3v) is 5.76. The van der Waals surface area contributed by atoms with Crippen LogP contribution in [0.4, 0.5) is 0 Å². The second-order valence-corrected chi connectivity index (χ2v) is 7.79. The first-order valence-corrected chi connectivity index (χ1v) is 9.93. The zero-order valence-corrected chi connectivity index (χ0v) is 16.9. The molecule has 7 heteroatoms. The van der Waals surface area contributed by atoms with Gasteiger partial charge in [0.2, 0.25) is 0 Å². The Labute approximate surface area is 175 Å². The van der Waals surface area contributed by atoms with E-state index in [2.05, 4.69) is 4.98 Å². The van der Waals surface area contributed by atoms with Crippen LogP contribution in [-0.2, 0) is 0 Å². The number of aromatic nitrogens is 2. The number of fused-ring (bicyclic) bond motifs is 1. The highest BCUT2D eigenvalue weighted by atomic mass is 35.5. The van der Waals surface area contributed by atoms with Gasteiger partial charge in [-0.2, -0.15) is 0 Å². The fraction of sp³-hybridized carbons (Fsp3) is 0.0455. The normalized spacial score (nSPS) is 11.4. The summed E-state index contributed by atoms with van der Waals surface area (Å²) in [6, 6.07) is 16.7.